The average molecular weight is 274 g/mol. The number of thiazole rings is 1. The first kappa shape index (κ1) is 12.6. The van der Waals surface area contributed by atoms with E-state index in [1.807, 2.05) is 0 Å². The van der Waals surface area contributed by atoms with E-state index in [9.17, 15) is 4.79 Å². The molecule has 0 amide bonds. The Morgan fingerprint density at radius 2 is 2.11 bits per heavy atom. The van der Waals surface area contributed by atoms with Crippen LogP contribution >= 0.6 is 11.3 Å². The molecule has 2 aromatic rings. The van der Waals surface area contributed by atoms with E-state index < -0.39 is 0 Å². The molecule has 0 saturated heterocycles. The molecule has 0 spiro atoms. The van der Waals surface area contributed by atoms with Crippen LogP contribution in [0.2, 0.25) is 0 Å². The third-order valence-electron chi connectivity index (χ3n) is 3.70. The van der Waals surface area contributed by atoms with Crippen LogP contribution < -0.4 is 5.56 Å². The molecule has 0 atom stereocenters. The van der Waals surface area contributed by atoms with Crippen molar-refractivity contribution in [1.82, 2.24) is 9.97 Å². The summed E-state index contributed by atoms with van der Waals surface area (Å²) in [5, 5.41) is 3.01. The van der Waals surface area contributed by atoms with Gasteiger partial charge in [0.2, 0.25) is 0 Å². The number of nitrogens with one attached hydrogen (secondary N) is 1. The Morgan fingerprint density at radius 1 is 1.32 bits per heavy atom. The minimum Gasteiger partial charge on any atom is -0.320 e. The van der Waals surface area contributed by atoms with E-state index in [1.165, 1.54) is 12.0 Å². The molecule has 0 aromatic carbocycles. The number of aromatic nitrogens is 2. The van der Waals surface area contributed by atoms with Crippen molar-refractivity contribution >= 4 is 11.3 Å². The van der Waals surface area contributed by atoms with Gasteiger partial charge in [-0.2, -0.15) is 0 Å². The Balaban J connectivity index is 2.05. The normalized spacial score (nSPS) is 14.7. The lowest BCUT2D eigenvalue weighted by Crippen LogP contribution is -2.19. The van der Waals surface area contributed by atoms with Crippen LogP contribution in [0, 0.1) is 0 Å². The molecule has 4 heteroatoms. The van der Waals surface area contributed by atoms with Crippen molar-refractivity contribution in [2.75, 3.05) is 0 Å². The Hall–Kier alpha value is -1.42. The summed E-state index contributed by atoms with van der Waals surface area (Å²) < 4.78 is 0. The summed E-state index contributed by atoms with van der Waals surface area (Å²) in [5.74, 6) is 0.425. The maximum atomic E-state index is 12.1. The molecule has 0 fully saturated rings. The van der Waals surface area contributed by atoms with Gasteiger partial charge >= 0.3 is 0 Å². The third-order valence-corrected chi connectivity index (χ3v) is 4.59. The summed E-state index contributed by atoms with van der Waals surface area (Å²) in [6.07, 6.45) is 4.25. The van der Waals surface area contributed by atoms with Gasteiger partial charge in [0.1, 0.15) is 5.01 Å². The quantitative estimate of drug-likeness (QED) is 0.911. The van der Waals surface area contributed by atoms with Crippen molar-refractivity contribution in [2.24, 2.45) is 0 Å². The molecule has 3 nitrogen and oxygen atoms in total. The van der Waals surface area contributed by atoms with Crippen LogP contribution in [-0.2, 0) is 12.8 Å². The monoisotopic (exact) mass is 274 g/mol. The highest BCUT2D eigenvalue weighted by Crippen LogP contribution is 2.27. The Bertz CT molecular complexity index is 654. The van der Waals surface area contributed by atoms with Crippen molar-refractivity contribution in [3.63, 3.8) is 0 Å². The SMILES string of the molecule is CC(C)c1csc(-c2cc3c(c(=O)[nH]2)CCCC3)n1. The minimum atomic E-state index is 0.0773. The van der Waals surface area contributed by atoms with Crippen LogP contribution in [-0.4, -0.2) is 9.97 Å². The fourth-order valence-corrected chi connectivity index (χ4v) is 3.50. The lowest BCUT2D eigenvalue weighted by molar-refractivity contribution is 0.677. The van der Waals surface area contributed by atoms with Gasteiger partial charge in [-0.25, -0.2) is 4.98 Å². The van der Waals surface area contributed by atoms with Gasteiger partial charge in [-0.15, -0.1) is 11.3 Å². The van der Waals surface area contributed by atoms with Gasteiger partial charge in [0.15, 0.2) is 0 Å². The van der Waals surface area contributed by atoms with E-state index in [2.05, 4.69) is 35.3 Å². The van der Waals surface area contributed by atoms with Gasteiger partial charge in [-0.3, -0.25) is 4.79 Å². The molecular weight excluding hydrogens is 256 g/mol. The average Bonchev–Trinajstić information content (AvgIpc) is 2.88. The second-order valence-corrected chi connectivity index (χ2v) is 6.31. The minimum absolute atomic E-state index is 0.0773. The van der Waals surface area contributed by atoms with Crippen molar-refractivity contribution < 1.29 is 0 Å². The van der Waals surface area contributed by atoms with E-state index in [4.69, 9.17) is 0 Å². The van der Waals surface area contributed by atoms with Gasteiger partial charge in [-0.05, 0) is 43.2 Å². The molecule has 0 radical (unpaired) electrons. The molecule has 0 unspecified atom stereocenters. The predicted molar refractivity (Wildman–Crippen MR) is 78.9 cm³/mol. The molecule has 0 aliphatic heterocycles. The molecule has 3 rings (SSSR count). The standard InChI is InChI=1S/C15H18N2OS/c1-9(2)13-8-19-15(17-13)12-7-10-5-3-4-6-11(10)14(18)16-12/h7-9H,3-6H2,1-2H3,(H,16,18). The van der Waals surface area contributed by atoms with Gasteiger partial charge in [-0.1, -0.05) is 13.8 Å². The maximum Gasteiger partial charge on any atom is 0.251 e. The van der Waals surface area contributed by atoms with Gasteiger partial charge in [0.25, 0.3) is 5.56 Å². The Kier molecular flexibility index (Phi) is 3.27. The largest absolute Gasteiger partial charge is 0.320 e. The van der Waals surface area contributed by atoms with Crippen LogP contribution in [0.25, 0.3) is 10.7 Å². The highest BCUT2D eigenvalue weighted by molar-refractivity contribution is 7.13. The number of rotatable bonds is 2. The molecule has 1 N–H and O–H groups in total. The molecule has 0 bridgehead atoms. The summed E-state index contributed by atoms with van der Waals surface area (Å²) >= 11 is 1.61. The first-order chi connectivity index (χ1) is 9.15. The first-order valence-electron chi connectivity index (χ1n) is 6.86. The second-order valence-electron chi connectivity index (χ2n) is 5.46. The van der Waals surface area contributed by atoms with Crippen molar-refractivity contribution in [1.29, 1.82) is 0 Å². The van der Waals surface area contributed by atoms with Crippen LogP contribution in [0.3, 0.4) is 0 Å². The van der Waals surface area contributed by atoms with Crippen molar-refractivity contribution in [2.45, 2.75) is 45.4 Å². The summed E-state index contributed by atoms with van der Waals surface area (Å²) in [4.78, 5) is 19.7. The predicted octanol–water partition coefficient (Wildman–Crippen LogP) is 3.50. The summed E-state index contributed by atoms with van der Waals surface area (Å²) in [6, 6.07) is 2.12. The van der Waals surface area contributed by atoms with Crippen LogP contribution in [0.5, 0.6) is 0 Å². The second kappa shape index (κ2) is 4.93. The molecular formula is C15H18N2OS. The summed E-state index contributed by atoms with van der Waals surface area (Å²) in [6.45, 7) is 4.27. The fraction of sp³-hybridized carbons (Fsp3) is 0.467. The van der Waals surface area contributed by atoms with E-state index in [0.717, 1.165) is 41.2 Å². The lowest BCUT2D eigenvalue weighted by atomic mass is 9.93. The smallest absolute Gasteiger partial charge is 0.251 e. The Morgan fingerprint density at radius 3 is 2.84 bits per heavy atom. The number of pyridine rings is 1. The molecule has 100 valence electrons. The fourth-order valence-electron chi connectivity index (χ4n) is 2.55. The highest BCUT2D eigenvalue weighted by Gasteiger charge is 2.16. The Labute approximate surface area is 116 Å². The molecule has 1 aliphatic rings. The van der Waals surface area contributed by atoms with E-state index in [0.29, 0.717) is 5.92 Å². The number of nitrogens with zero attached hydrogens (tertiary/aromatic N) is 1. The van der Waals surface area contributed by atoms with Gasteiger partial charge in [0.05, 0.1) is 11.4 Å². The van der Waals surface area contributed by atoms with E-state index in [1.54, 1.807) is 11.3 Å². The number of fused-ring (bicyclic) bond motifs is 1. The first-order valence-corrected chi connectivity index (χ1v) is 7.74. The topological polar surface area (TPSA) is 45.8 Å². The number of hydrogen-bond donors (Lipinski definition) is 1. The maximum absolute atomic E-state index is 12.1. The molecule has 2 heterocycles. The molecule has 0 saturated carbocycles. The number of aryl methyl sites for hydroxylation is 1. The highest BCUT2D eigenvalue weighted by atomic mass is 32.1. The van der Waals surface area contributed by atoms with Crippen molar-refractivity contribution in [3.05, 3.63) is 38.6 Å². The lowest BCUT2D eigenvalue weighted by Gasteiger charge is -2.14. The third kappa shape index (κ3) is 2.37. The van der Waals surface area contributed by atoms with E-state index >= 15 is 0 Å². The van der Waals surface area contributed by atoms with Crippen LogP contribution in [0.15, 0.2) is 16.2 Å². The number of hydrogen-bond acceptors (Lipinski definition) is 3. The van der Waals surface area contributed by atoms with Crippen LogP contribution in [0.4, 0.5) is 0 Å². The van der Waals surface area contributed by atoms with Gasteiger partial charge < -0.3 is 4.98 Å². The zero-order valence-corrected chi connectivity index (χ0v) is 12.1. The molecule has 19 heavy (non-hydrogen) atoms. The molecule has 1 aliphatic carbocycles. The zero-order chi connectivity index (χ0) is 13.4. The number of H-pyrrole nitrogens is 1. The van der Waals surface area contributed by atoms with Gasteiger partial charge in [0, 0.05) is 10.9 Å². The zero-order valence-electron chi connectivity index (χ0n) is 11.3. The molecule has 2 aromatic heterocycles. The van der Waals surface area contributed by atoms with Crippen molar-refractivity contribution in [3.8, 4) is 10.7 Å². The number of aromatic amines is 1. The summed E-state index contributed by atoms with van der Waals surface area (Å²) in [5.41, 5.74) is 4.25. The van der Waals surface area contributed by atoms with E-state index in [-0.39, 0.29) is 5.56 Å². The van der Waals surface area contributed by atoms with Crippen LogP contribution in [0.1, 0.15) is 49.4 Å². The summed E-state index contributed by atoms with van der Waals surface area (Å²) in [7, 11) is 0.